The van der Waals surface area contributed by atoms with Crippen molar-refractivity contribution in [2.45, 2.75) is 32.1 Å². The van der Waals surface area contributed by atoms with Gasteiger partial charge in [-0.1, -0.05) is 18.2 Å². The second-order valence-electron chi connectivity index (χ2n) is 5.13. The van der Waals surface area contributed by atoms with Gasteiger partial charge in [0, 0.05) is 26.1 Å². The minimum absolute atomic E-state index is 0.0347. The molecular formula is C16H23NO4. The lowest BCUT2D eigenvalue weighted by Crippen LogP contribution is -2.23. The standard InChI is InChI=1S/C16H23NO4/c1-17(2)15(18)12-13-8-5-6-9-14(13)21-11-7-3-4-10-16(19)20/h5-6,8-9H,3-4,7,10-12H2,1-2H3,(H,19,20). The number of ether oxygens (including phenoxy) is 1. The van der Waals surface area contributed by atoms with Crippen molar-refractivity contribution < 1.29 is 19.4 Å². The fourth-order valence-corrected chi connectivity index (χ4v) is 1.85. The molecule has 0 unspecified atom stereocenters. The maximum atomic E-state index is 11.8. The maximum absolute atomic E-state index is 11.8. The number of benzene rings is 1. The fraction of sp³-hybridized carbons (Fsp3) is 0.500. The molecule has 1 aromatic rings. The minimum atomic E-state index is -0.761. The molecule has 0 heterocycles. The number of carbonyl (C=O) groups is 2. The van der Waals surface area contributed by atoms with E-state index in [-0.39, 0.29) is 12.3 Å². The van der Waals surface area contributed by atoms with E-state index in [1.807, 2.05) is 24.3 Å². The molecule has 5 nitrogen and oxygen atoms in total. The van der Waals surface area contributed by atoms with E-state index in [0.29, 0.717) is 19.4 Å². The summed E-state index contributed by atoms with van der Waals surface area (Å²) in [6.07, 6.45) is 2.82. The van der Waals surface area contributed by atoms with Gasteiger partial charge >= 0.3 is 5.97 Å². The number of likely N-dealkylation sites (N-methyl/N-ethyl adjacent to an activating group) is 1. The van der Waals surface area contributed by atoms with Crippen LogP contribution >= 0.6 is 0 Å². The highest BCUT2D eigenvalue weighted by atomic mass is 16.5. The Morgan fingerprint density at radius 3 is 2.52 bits per heavy atom. The third kappa shape index (κ3) is 6.79. The molecule has 0 saturated carbocycles. The third-order valence-corrected chi connectivity index (χ3v) is 3.11. The molecule has 116 valence electrons. The highest BCUT2D eigenvalue weighted by Gasteiger charge is 2.10. The summed E-state index contributed by atoms with van der Waals surface area (Å²) in [6.45, 7) is 0.535. The number of carboxylic acid groups (broad SMARTS) is 1. The van der Waals surface area contributed by atoms with Crippen LogP contribution < -0.4 is 4.74 Å². The molecule has 0 spiro atoms. The summed E-state index contributed by atoms with van der Waals surface area (Å²) in [5.41, 5.74) is 0.877. The number of hydrogen-bond donors (Lipinski definition) is 1. The van der Waals surface area contributed by atoms with Crippen LogP contribution in [0.4, 0.5) is 0 Å². The van der Waals surface area contributed by atoms with Crippen molar-refractivity contribution in [1.82, 2.24) is 4.90 Å². The number of rotatable bonds is 9. The van der Waals surface area contributed by atoms with Crippen molar-refractivity contribution in [3.8, 4) is 5.75 Å². The first-order chi connectivity index (χ1) is 10.0. The van der Waals surface area contributed by atoms with Crippen molar-refractivity contribution in [2.75, 3.05) is 20.7 Å². The van der Waals surface area contributed by atoms with Gasteiger partial charge in [-0.25, -0.2) is 0 Å². The van der Waals surface area contributed by atoms with Crippen LogP contribution in [0.5, 0.6) is 5.75 Å². The molecule has 1 rings (SSSR count). The van der Waals surface area contributed by atoms with Crippen LogP contribution in [-0.2, 0) is 16.0 Å². The highest BCUT2D eigenvalue weighted by Crippen LogP contribution is 2.19. The number of aliphatic carboxylic acids is 1. The fourth-order valence-electron chi connectivity index (χ4n) is 1.85. The Kier molecular flexibility index (Phi) is 7.29. The summed E-state index contributed by atoms with van der Waals surface area (Å²) >= 11 is 0. The summed E-state index contributed by atoms with van der Waals surface area (Å²) in [5.74, 6) is 0.00176. The molecule has 0 saturated heterocycles. The van der Waals surface area contributed by atoms with Gasteiger partial charge in [0.15, 0.2) is 0 Å². The summed E-state index contributed by atoms with van der Waals surface area (Å²) in [7, 11) is 3.46. The number of hydrogen-bond acceptors (Lipinski definition) is 3. The second-order valence-corrected chi connectivity index (χ2v) is 5.13. The van der Waals surface area contributed by atoms with Crippen molar-refractivity contribution in [1.29, 1.82) is 0 Å². The van der Waals surface area contributed by atoms with Crippen molar-refractivity contribution in [3.63, 3.8) is 0 Å². The normalized spacial score (nSPS) is 10.2. The Balaban J connectivity index is 2.41. The molecule has 0 aliphatic heterocycles. The second kappa shape index (κ2) is 9.00. The highest BCUT2D eigenvalue weighted by molar-refractivity contribution is 5.78. The van der Waals surface area contributed by atoms with E-state index < -0.39 is 5.97 Å². The van der Waals surface area contributed by atoms with Crippen LogP contribution in [0.15, 0.2) is 24.3 Å². The van der Waals surface area contributed by atoms with E-state index in [1.165, 1.54) is 0 Å². The molecule has 0 aromatic heterocycles. The molecule has 1 amide bonds. The first kappa shape index (κ1) is 17.0. The average Bonchev–Trinajstić information content (AvgIpc) is 2.43. The van der Waals surface area contributed by atoms with Gasteiger partial charge in [0.05, 0.1) is 13.0 Å². The summed E-state index contributed by atoms with van der Waals surface area (Å²) in [5, 5.41) is 8.55. The SMILES string of the molecule is CN(C)C(=O)Cc1ccccc1OCCCCCC(=O)O. The van der Waals surface area contributed by atoms with Crippen LogP contribution in [0, 0.1) is 0 Å². The Hall–Kier alpha value is -2.04. The topological polar surface area (TPSA) is 66.8 Å². The average molecular weight is 293 g/mol. The van der Waals surface area contributed by atoms with Gasteiger partial charge in [0.2, 0.25) is 5.91 Å². The number of para-hydroxylation sites is 1. The summed E-state index contributed by atoms with van der Waals surface area (Å²) in [4.78, 5) is 23.7. The van der Waals surface area contributed by atoms with E-state index in [0.717, 1.165) is 24.2 Å². The van der Waals surface area contributed by atoms with Crippen molar-refractivity contribution in [2.24, 2.45) is 0 Å². The lowest BCUT2D eigenvalue weighted by atomic mass is 10.1. The molecule has 0 bridgehead atoms. The van der Waals surface area contributed by atoms with Crippen LogP contribution in [0.1, 0.15) is 31.2 Å². The summed E-state index contributed by atoms with van der Waals surface area (Å²) in [6, 6.07) is 7.51. The quantitative estimate of drug-likeness (QED) is 0.710. The number of unbranched alkanes of at least 4 members (excludes halogenated alkanes) is 2. The van der Waals surface area contributed by atoms with Gasteiger partial charge in [-0.3, -0.25) is 9.59 Å². The van der Waals surface area contributed by atoms with Crippen molar-refractivity contribution >= 4 is 11.9 Å². The largest absolute Gasteiger partial charge is 0.493 e. The maximum Gasteiger partial charge on any atom is 0.303 e. The predicted octanol–water partition coefficient (Wildman–Crippen LogP) is 2.34. The number of carbonyl (C=O) groups excluding carboxylic acids is 1. The van der Waals surface area contributed by atoms with Gasteiger partial charge in [-0.15, -0.1) is 0 Å². The smallest absolute Gasteiger partial charge is 0.303 e. The molecule has 1 aromatic carbocycles. The predicted molar refractivity (Wildman–Crippen MR) is 80.4 cm³/mol. The Bertz CT molecular complexity index is 471. The number of carboxylic acids is 1. The molecule has 21 heavy (non-hydrogen) atoms. The lowest BCUT2D eigenvalue weighted by molar-refractivity contribution is -0.137. The molecule has 5 heteroatoms. The lowest BCUT2D eigenvalue weighted by Gasteiger charge is -2.14. The molecule has 0 atom stereocenters. The van der Waals surface area contributed by atoms with Gasteiger partial charge in [0.25, 0.3) is 0 Å². The van der Waals surface area contributed by atoms with E-state index >= 15 is 0 Å². The summed E-state index contributed by atoms with van der Waals surface area (Å²) < 4.78 is 5.71. The van der Waals surface area contributed by atoms with E-state index in [9.17, 15) is 9.59 Å². The van der Waals surface area contributed by atoms with Crippen LogP contribution in [0.25, 0.3) is 0 Å². The number of nitrogens with zero attached hydrogens (tertiary/aromatic N) is 1. The molecule has 1 N–H and O–H groups in total. The zero-order chi connectivity index (χ0) is 15.7. The Morgan fingerprint density at radius 1 is 1.14 bits per heavy atom. The molecule has 0 radical (unpaired) electrons. The Morgan fingerprint density at radius 2 is 1.86 bits per heavy atom. The minimum Gasteiger partial charge on any atom is -0.493 e. The zero-order valence-corrected chi connectivity index (χ0v) is 12.7. The monoisotopic (exact) mass is 293 g/mol. The van der Waals surface area contributed by atoms with Crippen molar-refractivity contribution in [3.05, 3.63) is 29.8 Å². The van der Waals surface area contributed by atoms with Gasteiger partial charge in [0.1, 0.15) is 5.75 Å². The van der Waals surface area contributed by atoms with E-state index in [4.69, 9.17) is 9.84 Å². The van der Waals surface area contributed by atoms with Crippen LogP contribution in [0.2, 0.25) is 0 Å². The van der Waals surface area contributed by atoms with Gasteiger partial charge < -0.3 is 14.7 Å². The van der Waals surface area contributed by atoms with Gasteiger partial charge in [-0.2, -0.15) is 0 Å². The number of amides is 1. The van der Waals surface area contributed by atoms with E-state index in [2.05, 4.69) is 0 Å². The first-order valence-electron chi connectivity index (χ1n) is 7.13. The molecule has 0 aliphatic carbocycles. The third-order valence-electron chi connectivity index (χ3n) is 3.11. The molecular weight excluding hydrogens is 270 g/mol. The van der Waals surface area contributed by atoms with Crippen LogP contribution in [-0.4, -0.2) is 42.6 Å². The van der Waals surface area contributed by atoms with Gasteiger partial charge in [-0.05, 0) is 25.3 Å². The van der Waals surface area contributed by atoms with E-state index in [1.54, 1.807) is 19.0 Å². The van der Waals surface area contributed by atoms with Crippen LogP contribution in [0.3, 0.4) is 0 Å². The zero-order valence-electron chi connectivity index (χ0n) is 12.7. The molecule has 0 fully saturated rings. The molecule has 0 aliphatic rings. The first-order valence-corrected chi connectivity index (χ1v) is 7.13. The Labute approximate surface area is 125 Å².